The summed E-state index contributed by atoms with van der Waals surface area (Å²) in [6.07, 6.45) is -3.71. The summed E-state index contributed by atoms with van der Waals surface area (Å²) in [5.74, 6) is -1.02. The lowest BCUT2D eigenvalue weighted by atomic mass is 9.87. The van der Waals surface area contributed by atoms with Gasteiger partial charge in [0.1, 0.15) is 16.8 Å². The van der Waals surface area contributed by atoms with Crippen LogP contribution >= 0.6 is 23.2 Å². The molecule has 0 fully saturated rings. The van der Waals surface area contributed by atoms with Gasteiger partial charge in [0, 0.05) is 5.56 Å². The quantitative estimate of drug-likeness (QED) is 0.371. The van der Waals surface area contributed by atoms with Crippen LogP contribution in [0.15, 0.2) is 29.7 Å². The van der Waals surface area contributed by atoms with E-state index >= 15 is 0 Å². The van der Waals surface area contributed by atoms with Crippen LogP contribution in [0.1, 0.15) is 16.8 Å². The van der Waals surface area contributed by atoms with Crippen LogP contribution in [0.3, 0.4) is 0 Å². The highest BCUT2D eigenvalue weighted by molar-refractivity contribution is 7.86. The van der Waals surface area contributed by atoms with Crippen molar-refractivity contribution >= 4 is 39.8 Å². The van der Waals surface area contributed by atoms with E-state index in [4.69, 9.17) is 23.2 Å². The number of nitriles is 1. The van der Waals surface area contributed by atoms with Gasteiger partial charge in [-0.1, -0.05) is 17.7 Å². The van der Waals surface area contributed by atoms with Gasteiger partial charge in [0.2, 0.25) is 0 Å². The van der Waals surface area contributed by atoms with Gasteiger partial charge in [-0.15, -0.1) is 18.2 Å². The Morgan fingerprint density at radius 3 is 2.43 bits per heavy atom. The topological polar surface area (TPSA) is 70.7 Å². The van der Waals surface area contributed by atoms with E-state index in [-0.39, 0.29) is 11.3 Å². The molecule has 30 heavy (non-hydrogen) atoms. The van der Waals surface area contributed by atoms with Gasteiger partial charge in [-0.25, -0.2) is 8.89 Å². The first-order chi connectivity index (χ1) is 13.8. The summed E-state index contributed by atoms with van der Waals surface area (Å²) in [5, 5.41) is 14.9. The average molecular weight is 489 g/mol. The Kier molecular flexibility index (Phi) is 5.37. The molecule has 2 unspecified atom stereocenters. The first-order valence-corrected chi connectivity index (χ1v) is 9.78. The van der Waals surface area contributed by atoms with Crippen molar-refractivity contribution in [2.75, 3.05) is 11.2 Å². The number of rotatable bonds is 3. The van der Waals surface area contributed by atoms with Crippen LogP contribution in [0, 0.1) is 11.3 Å². The van der Waals surface area contributed by atoms with E-state index < -0.39 is 60.9 Å². The predicted octanol–water partition coefficient (Wildman–Crippen LogP) is 5.09. The number of alkyl halides is 7. The highest BCUT2D eigenvalue weighted by Gasteiger charge is 2.47. The number of anilines is 1. The molecule has 1 aromatic carbocycles. The number of nitrogens with zero attached hydrogens (tertiary/aromatic N) is 3. The minimum absolute atomic E-state index is 0.184. The summed E-state index contributed by atoms with van der Waals surface area (Å²) in [4.78, 5) is -0.997. The monoisotopic (exact) mass is 488 g/mol. The smallest absolute Gasteiger partial charge is 0.355 e. The fraction of sp³-hybridized carbons (Fsp3) is 0.250. The Hall–Kier alpha value is -2.23. The molecule has 0 amide bonds. The van der Waals surface area contributed by atoms with Crippen LogP contribution in [0.5, 0.6) is 0 Å². The minimum atomic E-state index is -5.24. The molecule has 2 heterocycles. The number of benzene rings is 1. The normalized spacial score (nSPS) is 19.3. The molecular weight excluding hydrogens is 481 g/mol. The molecule has 2 atom stereocenters. The lowest BCUT2D eigenvalue weighted by molar-refractivity contribution is -0.137. The number of halogens is 8. The molecule has 0 spiro atoms. The predicted molar refractivity (Wildman–Crippen MR) is 97.0 cm³/mol. The number of fused-ring (bicyclic) bond motifs is 3. The number of aromatic nitrogens is 2. The summed E-state index contributed by atoms with van der Waals surface area (Å²) < 4.78 is 92.0. The zero-order chi connectivity index (χ0) is 22.6. The minimum Gasteiger partial charge on any atom is -0.355 e. The van der Waals surface area contributed by atoms with Crippen molar-refractivity contribution < 1.29 is 30.6 Å². The van der Waals surface area contributed by atoms with Crippen LogP contribution in [0.25, 0.3) is 5.69 Å². The SMILES string of the molecule is C=CC1(CCl)Nc2c(S(=O)C(F)(F)F)c(C#N)nn2-c2c(Cl)cc(C(F)(F)F)cc21. The van der Waals surface area contributed by atoms with Crippen LogP contribution in [-0.4, -0.2) is 25.4 Å². The van der Waals surface area contributed by atoms with Crippen molar-refractivity contribution in [3.05, 3.63) is 46.6 Å². The number of nitrogens with one attached hydrogen (secondary N) is 1. The van der Waals surface area contributed by atoms with Gasteiger partial charge in [-0.2, -0.15) is 36.7 Å². The van der Waals surface area contributed by atoms with E-state index in [9.17, 15) is 35.8 Å². The molecule has 1 aromatic heterocycles. The summed E-state index contributed by atoms with van der Waals surface area (Å²) in [6, 6.07) is 2.67. The zero-order valence-electron chi connectivity index (χ0n) is 14.3. The molecule has 0 saturated carbocycles. The van der Waals surface area contributed by atoms with Crippen molar-refractivity contribution in [1.82, 2.24) is 9.78 Å². The average Bonchev–Trinajstić information content (AvgIpc) is 3.02. The fourth-order valence-electron chi connectivity index (χ4n) is 2.96. The molecule has 5 nitrogen and oxygen atoms in total. The molecule has 1 aliphatic rings. The van der Waals surface area contributed by atoms with Gasteiger partial charge in [-0.3, -0.25) is 0 Å². The molecule has 0 bridgehead atoms. The number of hydrogen-bond acceptors (Lipinski definition) is 4. The third kappa shape index (κ3) is 3.34. The second kappa shape index (κ2) is 7.18. The molecule has 0 saturated heterocycles. The maximum absolute atomic E-state index is 13.3. The highest BCUT2D eigenvalue weighted by Crippen LogP contribution is 2.47. The second-order valence-corrected chi connectivity index (χ2v) is 8.13. The highest BCUT2D eigenvalue weighted by atomic mass is 35.5. The maximum Gasteiger partial charge on any atom is 0.476 e. The van der Waals surface area contributed by atoms with Crippen molar-refractivity contribution in [1.29, 1.82) is 5.26 Å². The lowest BCUT2D eigenvalue weighted by Crippen LogP contribution is -2.41. The largest absolute Gasteiger partial charge is 0.476 e. The lowest BCUT2D eigenvalue weighted by Gasteiger charge is -2.38. The Balaban J connectivity index is 2.44. The van der Waals surface area contributed by atoms with E-state index in [1.165, 1.54) is 6.07 Å². The van der Waals surface area contributed by atoms with Crippen LogP contribution in [0.2, 0.25) is 5.02 Å². The Bertz CT molecular complexity index is 1120. The molecule has 0 aliphatic carbocycles. The van der Waals surface area contributed by atoms with Gasteiger partial charge in [0.05, 0.1) is 27.7 Å². The third-order valence-electron chi connectivity index (χ3n) is 4.33. The fourth-order valence-corrected chi connectivity index (χ4v) is 4.38. The van der Waals surface area contributed by atoms with E-state index in [1.54, 1.807) is 0 Å². The Morgan fingerprint density at radius 1 is 1.33 bits per heavy atom. The zero-order valence-corrected chi connectivity index (χ0v) is 16.7. The third-order valence-corrected chi connectivity index (χ3v) is 6.21. The summed E-state index contributed by atoms with van der Waals surface area (Å²) in [6.45, 7) is 3.51. The standard InChI is InChI=1S/C16H8Cl2F6N4OS/c1-2-14(6-17)8-3-7(15(19,20)21)4-9(18)11(8)28-13(26-14)12(10(5-25)27-28)30(29)16(22,23)24/h2-4,26H,1,6H2. The maximum atomic E-state index is 13.3. The molecular formula is C16H8Cl2F6N4OS. The molecule has 1 aliphatic heterocycles. The van der Waals surface area contributed by atoms with Gasteiger partial charge < -0.3 is 5.32 Å². The second-order valence-electron chi connectivity index (χ2n) is 6.05. The van der Waals surface area contributed by atoms with E-state index in [0.29, 0.717) is 16.8 Å². The van der Waals surface area contributed by atoms with Gasteiger partial charge in [0.25, 0.3) is 0 Å². The molecule has 2 aromatic rings. The van der Waals surface area contributed by atoms with E-state index in [0.717, 1.165) is 6.08 Å². The molecule has 14 heteroatoms. The summed E-state index contributed by atoms with van der Waals surface area (Å²) in [7, 11) is -3.68. The van der Waals surface area contributed by atoms with Gasteiger partial charge >= 0.3 is 11.7 Å². The van der Waals surface area contributed by atoms with Gasteiger partial charge in [0.15, 0.2) is 16.5 Å². The van der Waals surface area contributed by atoms with E-state index in [2.05, 4.69) is 17.0 Å². The molecule has 160 valence electrons. The summed E-state index contributed by atoms with van der Waals surface area (Å²) >= 11 is 12.0. The molecule has 0 radical (unpaired) electrons. The van der Waals surface area contributed by atoms with Gasteiger partial charge in [-0.05, 0) is 12.1 Å². The van der Waals surface area contributed by atoms with Crippen molar-refractivity contribution in [3.8, 4) is 11.8 Å². The first kappa shape index (κ1) is 22.5. The Labute approximate surface area is 177 Å². The van der Waals surface area contributed by atoms with E-state index in [1.807, 2.05) is 0 Å². The van der Waals surface area contributed by atoms with Crippen molar-refractivity contribution in [3.63, 3.8) is 0 Å². The Morgan fingerprint density at radius 2 is 1.97 bits per heavy atom. The number of hydrogen-bond donors (Lipinski definition) is 1. The summed E-state index contributed by atoms with van der Waals surface area (Å²) in [5.41, 5.74) is -9.38. The van der Waals surface area contributed by atoms with Crippen LogP contribution in [0.4, 0.5) is 32.2 Å². The van der Waals surface area contributed by atoms with Crippen molar-refractivity contribution in [2.24, 2.45) is 0 Å². The molecule has 3 rings (SSSR count). The molecule has 1 N–H and O–H groups in total. The first-order valence-electron chi connectivity index (χ1n) is 7.71. The van der Waals surface area contributed by atoms with Crippen LogP contribution < -0.4 is 5.32 Å². The van der Waals surface area contributed by atoms with Crippen LogP contribution in [-0.2, 0) is 22.5 Å². The van der Waals surface area contributed by atoms with Crippen molar-refractivity contribution in [2.45, 2.75) is 22.1 Å².